The molecule has 1 aromatic carbocycles. The van der Waals surface area contributed by atoms with Crippen LogP contribution in [0.15, 0.2) is 42.6 Å². The van der Waals surface area contributed by atoms with E-state index in [2.05, 4.69) is 20.3 Å². The molecule has 8 heteroatoms. The number of ether oxygens (including phenoxy) is 1. The number of likely N-dealkylation sites (tertiary alicyclic amines) is 1. The molecule has 1 aliphatic rings. The molecule has 0 saturated carbocycles. The van der Waals surface area contributed by atoms with Gasteiger partial charge in [-0.2, -0.15) is 5.10 Å². The van der Waals surface area contributed by atoms with Crippen LogP contribution in [0.3, 0.4) is 0 Å². The minimum Gasteiger partial charge on any atom is -0.442 e. The van der Waals surface area contributed by atoms with Crippen molar-refractivity contribution in [3.8, 4) is 11.3 Å². The van der Waals surface area contributed by atoms with E-state index < -0.39 is 11.7 Å². The van der Waals surface area contributed by atoms with Gasteiger partial charge in [-0.25, -0.2) is 4.79 Å². The largest absolute Gasteiger partial charge is 0.442 e. The number of nitrogens with one attached hydrogen (secondary N) is 1. The number of fused-ring (bicyclic) bond motifs is 1. The van der Waals surface area contributed by atoms with Crippen LogP contribution >= 0.6 is 0 Å². The molecule has 1 amide bonds. The van der Waals surface area contributed by atoms with Gasteiger partial charge in [-0.05, 0) is 71.8 Å². The summed E-state index contributed by atoms with van der Waals surface area (Å²) in [5.41, 5.74) is 1.46. The van der Waals surface area contributed by atoms with E-state index in [1.165, 1.54) is 12.8 Å². The second-order valence-electron chi connectivity index (χ2n) is 9.95. The normalized spacial score (nSPS) is 15.4. The third-order valence-corrected chi connectivity index (χ3v) is 5.94. The van der Waals surface area contributed by atoms with Gasteiger partial charge in [0, 0.05) is 29.1 Å². The molecule has 1 N–H and O–H groups in total. The van der Waals surface area contributed by atoms with Crippen LogP contribution in [0.4, 0.5) is 10.6 Å². The second-order valence-corrected chi connectivity index (χ2v) is 9.95. The fourth-order valence-corrected chi connectivity index (χ4v) is 4.03. The van der Waals surface area contributed by atoms with E-state index in [0.29, 0.717) is 5.69 Å². The molecular weight excluding hydrogens is 430 g/mol. The van der Waals surface area contributed by atoms with Crippen LogP contribution in [0.5, 0.6) is 0 Å². The third kappa shape index (κ3) is 5.80. The molecule has 4 rings (SSSR count). The van der Waals surface area contributed by atoms with Crippen LogP contribution in [-0.2, 0) is 9.53 Å². The molecule has 1 atom stereocenters. The Morgan fingerprint density at radius 2 is 1.88 bits per heavy atom. The molecule has 0 radical (unpaired) electrons. The highest BCUT2D eigenvalue weighted by atomic mass is 16.6. The van der Waals surface area contributed by atoms with Crippen molar-refractivity contribution in [2.24, 2.45) is 5.92 Å². The van der Waals surface area contributed by atoms with E-state index in [4.69, 9.17) is 4.74 Å². The molecule has 1 unspecified atom stereocenters. The average Bonchev–Trinajstić information content (AvgIpc) is 3.46. The number of carbonyl (C=O) groups is 2. The molecule has 1 fully saturated rings. The van der Waals surface area contributed by atoms with Crippen LogP contribution in [0, 0.1) is 5.92 Å². The molecule has 1 aliphatic heterocycles. The fourth-order valence-electron chi connectivity index (χ4n) is 4.03. The Balaban J connectivity index is 1.57. The van der Waals surface area contributed by atoms with Crippen molar-refractivity contribution < 1.29 is 14.3 Å². The molecule has 0 spiro atoms. The summed E-state index contributed by atoms with van der Waals surface area (Å²) in [6.45, 7) is 10.4. The summed E-state index contributed by atoms with van der Waals surface area (Å²) in [5.74, 6) is -0.0594. The number of rotatable bonds is 6. The lowest BCUT2D eigenvalue weighted by Gasteiger charge is -2.20. The number of amides is 1. The maximum absolute atomic E-state index is 13.0. The first-order valence-corrected chi connectivity index (χ1v) is 11.9. The number of benzene rings is 1. The number of pyridine rings is 1. The van der Waals surface area contributed by atoms with Gasteiger partial charge in [-0.1, -0.05) is 25.1 Å². The molecular formula is C26H33N5O3. The van der Waals surface area contributed by atoms with Gasteiger partial charge in [0.25, 0.3) is 0 Å². The van der Waals surface area contributed by atoms with Crippen LogP contribution in [0.2, 0.25) is 0 Å². The summed E-state index contributed by atoms with van der Waals surface area (Å²) in [5, 5.41) is 8.34. The van der Waals surface area contributed by atoms with Crippen LogP contribution in [-0.4, -0.2) is 56.9 Å². The predicted octanol–water partition coefficient (Wildman–Crippen LogP) is 4.94. The van der Waals surface area contributed by atoms with Gasteiger partial charge in [0.2, 0.25) is 5.91 Å². The molecule has 180 valence electrons. The maximum Gasteiger partial charge on any atom is 0.437 e. The Kier molecular flexibility index (Phi) is 6.97. The van der Waals surface area contributed by atoms with E-state index in [9.17, 15) is 9.59 Å². The minimum absolute atomic E-state index is 0.146. The Labute approximate surface area is 200 Å². The fraction of sp³-hybridized carbons (Fsp3) is 0.462. The molecule has 3 heterocycles. The van der Waals surface area contributed by atoms with Crippen molar-refractivity contribution in [3.05, 3.63) is 42.6 Å². The van der Waals surface area contributed by atoms with Gasteiger partial charge in [-0.3, -0.25) is 9.78 Å². The summed E-state index contributed by atoms with van der Waals surface area (Å²) in [7, 11) is 0. The first kappa shape index (κ1) is 23.9. The summed E-state index contributed by atoms with van der Waals surface area (Å²) in [6.07, 6.45) is 4.28. The SMILES string of the molecule is CC(CCN1CCCC1)C(=O)Nc1cc(-c2cnc3ccccc3c2)nn1C(=O)OC(C)(C)C. The maximum atomic E-state index is 13.0. The van der Waals surface area contributed by atoms with Gasteiger partial charge in [0.1, 0.15) is 11.4 Å². The Bertz CT molecular complexity index is 1170. The highest BCUT2D eigenvalue weighted by Crippen LogP contribution is 2.26. The van der Waals surface area contributed by atoms with Crippen LogP contribution < -0.4 is 5.32 Å². The van der Waals surface area contributed by atoms with Gasteiger partial charge >= 0.3 is 6.09 Å². The predicted molar refractivity (Wildman–Crippen MR) is 133 cm³/mol. The zero-order valence-electron chi connectivity index (χ0n) is 20.4. The quantitative estimate of drug-likeness (QED) is 0.557. The highest BCUT2D eigenvalue weighted by Gasteiger charge is 2.25. The van der Waals surface area contributed by atoms with Crippen LogP contribution in [0.1, 0.15) is 47.0 Å². The van der Waals surface area contributed by atoms with Crippen molar-refractivity contribution >= 4 is 28.7 Å². The first-order chi connectivity index (χ1) is 16.2. The van der Waals surface area contributed by atoms with Gasteiger partial charge in [-0.15, -0.1) is 4.68 Å². The van der Waals surface area contributed by atoms with E-state index >= 15 is 0 Å². The van der Waals surface area contributed by atoms with Crippen LogP contribution in [0.25, 0.3) is 22.2 Å². The lowest BCUT2D eigenvalue weighted by molar-refractivity contribution is -0.119. The molecule has 0 bridgehead atoms. The zero-order chi connectivity index (χ0) is 24.3. The number of anilines is 1. The van der Waals surface area contributed by atoms with Gasteiger partial charge in [0.15, 0.2) is 0 Å². The van der Waals surface area contributed by atoms with E-state index in [0.717, 1.165) is 47.2 Å². The standard InChI is InChI=1S/C26H33N5O3/c1-18(11-14-30-12-7-8-13-30)24(32)28-23-16-22(29-31(23)25(33)34-26(2,3)4)20-15-19-9-5-6-10-21(19)27-17-20/h5-6,9-10,15-18H,7-8,11-14H2,1-4H3,(H,28,32). The molecule has 8 nitrogen and oxygen atoms in total. The highest BCUT2D eigenvalue weighted by molar-refractivity contribution is 5.94. The van der Waals surface area contributed by atoms with E-state index in [-0.39, 0.29) is 17.6 Å². The minimum atomic E-state index is -0.696. The molecule has 3 aromatic rings. The Morgan fingerprint density at radius 1 is 1.15 bits per heavy atom. The number of para-hydroxylation sites is 1. The van der Waals surface area contributed by atoms with Crippen molar-refractivity contribution in [1.29, 1.82) is 0 Å². The zero-order valence-corrected chi connectivity index (χ0v) is 20.4. The smallest absolute Gasteiger partial charge is 0.437 e. The molecule has 2 aromatic heterocycles. The lowest BCUT2D eigenvalue weighted by atomic mass is 10.1. The van der Waals surface area contributed by atoms with Crippen molar-refractivity contribution in [2.45, 2.75) is 52.6 Å². The van der Waals surface area contributed by atoms with Crippen molar-refractivity contribution in [2.75, 3.05) is 25.0 Å². The second kappa shape index (κ2) is 9.93. The first-order valence-electron chi connectivity index (χ1n) is 11.9. The molecule has 0 aliphatic carbocycles. The number of nitrogens with zero attached hydrogens (tertiary/aromatic N) is 4. The van der Waals surface area contributed by atoms with Gasteiger partial charge < -0.3 is 15.0 Å². The average molecular weight is 464 g/mol. The van der Waals surface area contributed by atoms with Gasteiger partial charge in [0.05, 0.1) is 11.2 Å². The lowest BCUT2D eigenvalue weighted by Crippen LogP contribution is -2.31. The Morgan fingerprint density at radius 3 is 2.62 bits per heavy atom. The number of aromatic nitrogens is 3. The molecule has 1 saturated heterocycles. The summed E-state index contributed by atoms with van der Waals surface area (Å²) in [4.78, 5) is 32.7. The summed E-state index contributed by atoms with van der Waals surface area (Å²) >= 11 is 0. The topological polar surface area (TPSA) is 89.4 Å². The van der Waals surface area contributed by atoms with Crippen molar-refractivity contribution in [3.63, 3.8) is 0 Å². The number of carbonyl (C=O) groups excluding carboxylic acids is 2. The monoisotopic (exact) mass is 463 g/mol. The number of hydrogen-bond acceptors (Lipinski definition) is 6. The third-order valence-electron chi connectivity index (χ3n) is 5.94. The summed E-state index contributed by atoms with van der Waals surface area (Å²) < 4.78 is 6.65. The van der Waals surface area contributed by atoms with Crippen molar-refractivity contribution in [1.82, 2.24) is 19.7 Å². The summed E-state index contributed by atoms with van der Waals surface area (Å²) in [6, 6.07) is 11.5. The number of hydrogen-bond donors (Lipinski definition) is 1. The van der Waals surface area contributed by atoms with E-state index in [1.54, 1.807) is 33.0 Å². The van der Waals surface area contributed by atoms with E-state index in [1.807, 2.05) is 37.3 Å². The Hall–Kier alpha value is -3.26. The molecule has 34 heavy (non-hydrogen) atoms.